The number of aromatic carboxylic acids is 1. The minimum atomic E-state index is -0.963. The molecule has 0 radical (unpaired) electrons. The van der Waals surface area contributed by atoms with E-state index in [0.717, 1.165) is 12.8 Å². The van der Waals surface area contributed by atoms with Crippen molar-refractivity contribution in [2.45, 2.75) is 25.4 Å². The van der Waals surface area contributed by atoms with Gasteiger partial charge in [0.25, 0.3) is 5.89 Å². The summed E-state index contributed by atoms with van der Waals surface area (Å²) in [5.41, 5.74) is 0.429. The molecule has 20 heavy (non-hydrogen) atoms. The van der Waals surface area contributed by atoms with Crippen LogP contribution in [0.25, 0.3) is 11.5 Å². The van der Waals surface area contributed by atoms with Crippen LogP contribution in [-0.4, -0.2) is 27.8 Å². The van der Waals surface area contributed by atoms with Gasteiger partial charge in [0.05, 0.1) is 5.56 Å². The van der Waals surface area contributed by atoms with Gasteiger partial charge in [-0.2, -0.15) is 4.98 Å². The van der Waals surface area contributed by atoms with Gasteiger partial charge in [-0.15, -0.1) is 0 Å². The summed E-state index contributed by atoms with van der Waals surface area (Å²) in [6.45, 7) is 2.65. The second-order valence-corrected chi connectivity index (χ2v) is 4.99. The highest BCUT2D eigenvalue weighted by Gasteiger charge is 2.36. The molecule has 1 aromatic heterocycles. The fourth-order valence-electron chi connectivity index (χ4n) is 2.27. The fraction of sp³-hybridized carbons (Fsp3) is 0.357. The number of hydrogen-bond donors (Lipinski definition) is 1. The molecule has 1 fully saturated rings. The number of benzene rings is 1. The number of carboxylic acids is 1. The molecule has 0 aliphatic carbocycles. The minimum Gasteiger partial charge on any atom is -0.478 e. The Morgan fingerprint density at radius 3 is 2.70 bits per heavy atom. The van der Waals surface area contributed by atoms with Gasteiger partial charge < -0.3 is 14.4 Å². The van der Waals surface area contributed by atoms with Gasteiger partial charge in [-0.05, 0) is 44.0 Å². The summed E-state index contributed by atoms with van der Waals surface area (Å²) in [6, 6.07) is 6.32. The first-order valence-corrected chi connectivity index (χ1v) is 6.40. The van der Waals surface area contributed by atoms with Crippen LogP contribution in [0, 0.1) is 0 Å². The molecule has 6 nitrogen and oxygen atoms in total. The van der Waals surface area contributed by atoms with E-state index < -0.39 is 11.6 Å². The van der Waals surface area contributed by atoms with E-state index >= 15 is 0 Å². The molecule has 2 heterocycles. The molecule has 2 aromatic rings. The number of ether oxygens (including phenoxy) is 1. The Morgan fingerprint density at radius 1 is 1.35 bits per heavy atom. The van der Waals surface area contributed by atoms with Crippen molar-refractivity contribution >= 4 is 5.97 Å². The van der Waals surface area contributed by atoms with Crippen molar-refractivity contribution in [2.24, 2.45) is 0 Å². The van der Waals surface area contributed by atoms with Gasteiger partial charge >= 0.3 is 5.97 Å². The maximum Gasteiger partial charge on any atom is 0.335 e. The van der Waals surface area contributed by atoms with Crippen molar-refractivity contribution in [3.63, 3.8) is 0 Å². The molecule has 1 aromatic carbocycles. The molecule has 6 heteroatoms. The third kappa shape index (κ3) is 2.18. The van der Waals surface area contributed by atoms with E-state index in [1.54, 1.807) is 12.1 Å². The number of rotatable bonds is 3. The third-order valence-corrected chi connectivity index (χ3v) is 3.50. The van der Waals surface area contributed by atoms with E-state index in [2.05, 4.69) is 10.1 Å². The van der Waals surface area contributed by atoms with Gasteiger partial charge in [-0.25, -0.2) is 4.79 Å². The van der Waals surface area contributed by atoms with Crippen LogP contribution in [0.5, 0.6) is 0 Å². The molecule has 1 unspecified atom stereocenters. The van der Waals surface area contributed by atoms with Crippen molar-refractivity contribution in [3.05, 3.63) is 35.7 Å². The SMILES string of the molecule is CC1(c2noc(-c3ccc(C(=O)O)cc3)n2)CCCO1. The van der Waals surface area contributed by atoms with Crippen LogP contribution in [-0.2, 0) is 10.3 Å². The molecule has 1 N–H and O–H groups in total. The Labute approximate surface area is 115 Å². The van der Waals surface area contributed by atoms with Crippen LogP contribution >= 0.6 is 0 Å². The molecule has 0 saturated carbocycles. The average Bonchev–Trinajstić information content (AvgIpc) is 3.08. The Kier molecular flexibility index (Phi) is 3.02. The topological polar surface area (TPSA) is 85.5 Å². The summed E-state index contributed by atoms with van der Waals surface area (Å²) in [5, 5.41) is 12.8. The predicted molar refractivity (Wildman–Crippen MR) is 69.2 cm³/mol. The average molecular weight is 274 g/mol. The molecular weight excluding hydrogens is 260 g/mol. The zero-order chi connectivity index (χ0) is 14.2. The number of nitrogens with zero attached hydrogens (tertiary/aromatic N) is 2. The minimum absolute atomic E-state index is 0.222. The molecule has 1 aliphatic rings. The lowest BCUT2D eigenvalue weighted by atomic mass is 10.0. The quantitative estimate of drug-likeness (QED) is 0.925. The summed E-state index contributed by atoms with van der Waals surface area (Å²) in [6.07, 6.45) is 1.84. The number of carboxylic acid groups (broad SMARTS) is 1. The van der Waals surface area contributed by atoms with E-state index in [4.69, 9.17) is 14.4 Å². The van der Waals surface area contributed by atoms with Gasteiger partial charge in [-0.1, -0.05) is 5.16 Å². The van der Waals surface area contributed by atoms with Crippen molar-refractivity contribution in [1.29, 1.82) is 0 Å². The second-order valence-electron chi connectivity index (χ2n) is 4.99. The maximum atomic E-state index is 10.8. The third-order valence-electron chi connectivity index (χ3n) is 3.50. The van der Waals surface area contributed by atoms with Crippen molar-refractivity contribution < 1.29 is 19.2 Å². The maximum absolute atomic E-state index is 10.8. The molecule has 0 amide bonds. The van der Waals surface area contributed by atoms with Crippen LogP contribution in [0.2, 0.25) is 0 Å². The van der Waals surface area contributed by atoms with Crippen LogP contribution < -0.4 is 0 Å². The Morgan fingerprint density at radius 2 is 2.10 bits per heavy atom. The fourth-order valence-corrected chi connectivity index (χ4v) is 2.27. The Hall–Kier alpha value is -2.21. The van der Waals surface area contributed by atoms with Crippen molar-refractivity contribution in [2.75, 3.05) is 6.61 Å². The van der Waals surface area contributed by atoms with Crippen molar-refractivity contribution in [1.82, 2.24) is 10.1 Å². The highest BCUT2D eigenvalue weighted by Crippen LogP contribution is 2.34. The monoisotopic (exact) mass is 274 g/mol. The molecule has 1 aliphatic heterocycles. The van der Waals surface area contributed by atoms with Crippen LogP contribution in [0.15, 0.2) is 28.8 Å². The zero-order valence-electron chi connectivity index (χ0n) is 11.0. The lowest BCUT2D eigenvalue weighted by Gasteiger charge is -2.17. The summed E-state index contributed by atoms with van der Waals surface area (Å²) in [7, 11) is 0. The van der Waals surface area contributed by atoms with Crippen LogP contribution in [0.3, 0.4) is 0 Å². The molecule has 0 spiro atoms. The number of carbonyl (C=O) groups is 1. The molecule has 0 bridgehead atoms. The highest BCUT2D eigenvalue weighted by atomic mass is 16.5. The van der Waals surface area contributed by atoms with Gasteiger partial charge in [-0.3, -0.25) is 0 Å². The Balaban J connectivity index is 1.88. The van der Waals surface area contributed by atoms with Gasteiger partial charge in [0.15, 0.2) is 0 Å². The smallest absolute Gasteiger partial charge is 0.335 e. The largest absolute Gasteiger partial charge is 0.478 e. The zero-order valence-corrected chi connectivity index (χ0v) is 11.0. The predicted octanol–water partition coefficient (Wildman–Crippen LogP) is 2.46. The highest BCUT2D eigenvalue weighted by molar-refractivity contribution is 5.88. The first-order chi connectivity index (χ1) is 9.58. The summed E-state index contributed by atoms with van der Waals surface area (Å²) < 4.78 is 10.9. The van der Waals surface area contributed by atoms with E-state index in [0.29, 0.717) is 23.9 Å². The first-order valence-electron chi connectivity index (χ1n) is 6.40. The number of hydrogen-bond acceptors (Lipinski definition) is 5. The van der Waals surface area contributed by atoms with E-state index in [9.17, 15) is 4.79 Å². The van der Waals surface area contributed by atoms with Crippen LogP contribution in [0.1, 0.15) is 35.9 Å². The molecule has 1 saturated heterocycles. The van der Waals surface area contributed by atoms with Crippen LogP contribution in [0.4, 0.5) is 0 Å². The van der Waals surface area contributed by atoms with E-state index in [-0.39, 0.29) is 5.56 Å². The normalized spacial score (nSPS) is 22.1. The number of aromatic nitrogens is 2. The molecule has 104 valence electrons. The molecule has 3 rings (SSSR count). The van der Waals surface area contributed by atoms with Crippen molar-refractivity contribution in [3.8, 4) is 11.5 Å². The Bertz CT molecular complexity index is 627. The van der Waals surface area contributed by atoms with E-state index in [1.165, 1.54) is 12.1 Å². The molecule has 1 atom stereocenters. The first kappa shape index (κ1) is 12.8. The van der Waals surface area contributed by atoms with E-state index in [1.807, 2.05) is 6.92 Å². The second kappa shape index (κ2) is 4.72. The van der Waals surface area contributed by atoms with Gasteiger partial charge in [0.1, 0.15) is 5.60 Å². The summed E-state index contributed by atoms with van der Waals surface area (Å²) in [5.74, 6) is -0.0596. The van der Waals surface area contributed by atoms with Gasteiger partial charge in [0.2, 0.25) is 5.82 Å². The molecular formula is C14H14N2O4. The lowest BCUT2D eigenvalue weighted by molar-refractivity contribution is 0.00768. The summed E-state index contributed by atoms with van der Waals surface area (Å²) >= 11 is 0. The lowest BCUT2D eigenvalue weighted by Crippen LogP contribution is -2.21. The summed E-state index contributed by atoms with van der Waals surface area (Å²) in [4.78, 5) is 15.2. The van der Waals surface area contributed by atoms with Gasteiger partial charge in [0, 0.05) is 12.2 Å². The standard InChI is InChI=1S/C14H14N2O4/c1-14(7-2-8-19-14)13-15-11(20-16-13)9-3-5-10(6-4-9)12(17)18/h3-6H,2,7-8H2,1H3,(H,17,18).